The lowest BCUT2D eigenvalue weighted by atomic mass is 10.2. The van der Waals surface area contributed by atoms with Crippen LogP contribution < -0.4 is 10.6 Å². The predicted octanol–water partition coefficient (Wildman–Crippen LogP) is 4.31. The molecule has 0 saturated heterocycles. The molecule has 2 rings (SSSR count). The highest BCUT2D eigenvalue weighted by molar-refractivity contribution is 9.10. The van der Waals surface area contributed by atoms with E-state index in [1.807, 2.05) is 30.3 Å². The van der Waals surface area contributed by atoms with Crippen LogP contribution in [0.4, 0.5) is 11.4 Å². The lowest BCUT2D eigenvalue weighted by Crippen LogP contribution is -2.14. The number of halogens is 1. The van der Waals surface area contributed by atoms with Gasteiger partial charge in [0.2, 0.25) is 0 Å². The van der Waals surface area contributed by atoms with Crippen LogP contribution in [0.25, 0.3) is 0 Å². The summed E-state index contributed by atoms with van der Waals surface area (Å²) >= 11 is 3.41. The average Bonchev–Trinajstić information content (AvgIpc) is 2.50. The van der Waals surface area contributed by atoms with Crippen molar-refractivity contribution in [1.82, 2.24) is 4.98 Å². The Kier molecular flexibility index (Phi) is 5.75. The number of pyridine rings is 1. The first-order chi connectivity index (χ1) is 10.2. The van der Waals surface area contributed by atoms with Gasteiger partial charge in [0.15, 0.2) is 0 Å². The summed E-state index contributed by atoms with van der Waals surface area (Å²) in [5.74, 6) is -0.221. The van der Waals surface area contributed by atoms with E-state index in [-0.39, 0.29) is 5.91 Å². The van der Waals surface area contributed by atoms with Crippen LogP contribution in [0.5, 0.6) is 0 Å². The zero-order valence-corrected chi connectivity index (χ0v) is 13.5. The number of carbonyl (C=O) groups is 1. The molecular weight excluding hydrogens is 330 g/mol. The third-order valence-corrected chi connectivity index (χ3v) is 3.67. The first kappa shape index (κ1) is 15.5. The number of hydrogen-bond donors (Lipinski definition) is 2. The Morgan fingerprint density at radius 3 is 2.86 bits per heavy atom. The van der Waals surface area contributed by atoms with Gasteiger partial charge in [0.1, 0.15) is 5.69 Å². The maximum atomic E-state index is 12.2. The maximum Gasteiger partial charge on any atom is 0.274 e. The van der Waals surface area contributed by atoms with E-state index in [0.29, 0.717) is 5.69 Å². The molecule has 4 nitrogen and oxygen atoms in total. The van der Waals surface area contributed by atoms with E-state index in [2.05, 4.69) is 38.5 Å². The maximum absolute atomic E-state index is 12.2. The SMILES string of the molecule is CCCCNc1ccnc(C(=O)Nc2ccccc2Br)c1. The molecular formula is C16H18BrN3O. The Labute approximate surface area is 133 Å². The number of nitrogens with one attached hydrogen (secondary N) is 2. The van der Waals surface area contributed by atoms with Crippen molar-refractivity contribution < 1.29 is 4.79 Å². The summed E-state index contributed by atoms with van der Waals surface area (Å²) < 4.78 is 0.843. The lowest BCUT2D eigenvalue weighted by Gasteiger charge is -2.09. The van der Waals surface area contributed by atoms with Gasteiger partial charge in [-0.05, 0) is 46.6 Å². The third kappa shape index (κ3) is 4.56. The van der Waals surface area contributed by atoms with Gasteiger partial charge in [0.25, 0.3) is 5.91 Å². The quantitative estimate of drug-likeness (QED) is 0.765. The second-order valence-electron chi connectivity index (χ2n) is 4.64. The fourth-order valence-electron chi connectivity index (χ4n) is 1.82. The van der Waals surface area contributed by atoms with Gasteiger partial charge in [-0.1, -0.05) is 25.5 Å². The number of hydrogen-bond acceptors (Lipinski definition) is 3. The largest absolute Gasteiger partial charge is 0.385 e. The highest BCUT2D eigenvalue weighted by atomic mass is 79.9. The number of benzene rings is 1. The van der Waals surface area contributed by atoms with Gasteiger partial charge in [-0.3, -0.25) is 9.78 Å². The number of nitrogens with zero attached hydrogens (tertiary/aromatic N) is 1. The first-order valence-corrected chi connectivity index (χ1v) is 7.76. The molecule has 110 valence electrons. The molecule has 5 heteroatoms. The molecule has 0 saturated carbocycles. The highest BCUT2D eigenvalue weighted by Crippen LogP contribution is 2.22. The number of rotatable bonds is 6. The van der Waals surface area contributed by atoms with E-state index in [4.69, 9.17) is 0 Å². The monoisotopic (exact) mass is 347 g/mol. The van der Waals surface area contributed by atoms with Gasteiger partial charge >= 0.3 is 0 Å². The van der Waals surface area contributed by atoms with Crippen molar-refractivity contribution in [2.75, 3.05) is 17.2 Å². The van der Waals surface area contributed by atoms with Crippen LogP contribution in [-0.4, -0.2) is 17.4 Å². The topological polar surface area (TPSA) is 54.0 Å². The van der Waals surface area contributed by atoms with Crippen LogP contribution in [0.3, 0.4) is 0 Å². The number of anilines is 2. The smallest absolute Gasteiger partial charge is 0.274 e. The molecule has 0 atom stereocenters. The summed E-state index contributed by atoms with van der Waals surface area (Å²) in [5, 5.41) is 6.13. The summed E-state index contributed by atoms with van der Waals surface area (Å²) in [6.07, 6.45) is 3.87. The van der Waals surface area contributed by atoms with E-state index < -0.39 is 0 Å². The van der Waals surface area contributed by atoms with Crippen LogP contribution in [0.2, 0.25) is 0 Å². The normalized spacial score (nSPS) is 10.2. The van der Waals surface area contributed by atoms with E-state index in [1.165, 1.54) is 0 Å². The van der Waals surface area contributed by atoms with Gasteiger partial charge < -0.3 is 10.6 Å². The fourth-order valence-corrected chi connectivity index (χ4v) is 2.21. The van der Waals surface area contributed by atoms with Gasteiger partial charge in [-0.25, -0.2) is 0 Å². The van der Waals surface area contributed by atoms with Crippen molar-refractivity contribution in [2.45, 2.75) is 19.8 Å². The molecule has 0 fully saturated rings. The standard InChI is InChI=1S/C16H18BrN3O/c1-2-3-9-18-12-8-10-19-15(11-12)16(21)20-14-7-5-4-6-13(14)17/h4-8,10-11H,2-3,9H2,1H3,(H,18,19)(H,20,21). The van der Waals surface area contributed by atoms with Gasteiger partial charge in [-0.15, -0.1) is 0 Å². The van der Waals surface area contributed by atoms with E-state index >= 15 is 0 Å². The van der Waals surface area contributed by atoms with Crippen molar-refractivity contribution in [3.63, 3.8) is 0 Å². The van der Waals surface area contributed by atoms with Crippen LogP contribution in [-0.2, 0) is 0 Å². The highest BCUT2D eigenvalue weighted by Gasteiger charge is 2.09. The summed E-state index contributed by atoms with van der Waals surface area (Å²) in [4.78, 5) is 16.4. The molecule has 0 spiro atoms. The molecule has 0 bridgehead atoms. The van der Waals surface area contributed by atoms with Crippen molar-refractivity contribution in [3.8, 4) is 0 Å². The molecule has 21 heavy (non-hydrogen) atoms. The Hall–Kier alpha value is -1.88. The Balaban J connectivity index is 2.05. The Morgan fingerprint density at radius 2 is 2.10 bits per heavy atom. The second kappa shape index (κ2) is 7.78. The van der Waals surface area contributed by atoms with E-state index in [0.717, 1.165) is 35.2 Å². The molecule has 0 radical (unpaired) electrons. The molecule has 1 heterocycles. The zero-order chi connectivity index (χ0) is 15.1. The summed E-state index contributed by atoms with van der Waals surface area (Å²) in [6, 6.07) is 11.1. The summed E-state index contributed by atoms with van der Waals surface area (Å²) in [7, 11) is 0. The number of amides is 1. The first-order valence-electron chi connectivity index (χ1n) is 6.96. The minimum Gasteiger partial charge on any atom is -0.385 e. The Bertz CT molecular complexity index is 616. The second-order valence-corrected chi connectivity index (χ2v) is 5.50. The van der Waals surface area contributed by atoms with Crippen LogP contribution >= 0.6 is 15.9 Å². The van der Waals surface area contributed by atoms with Crippen LogP contribution in [0.1, 0.15) is 30.3 Å². The third-order valence-electron chi connectivity index (χ3n) is 2.97. The van der Waals surface area contributed by atoms with Crippen molar-refractivity contribution in [2.24, 2.45) is 0 Å². The minimum atomic E-state index is -0.221. The fraction of sp³-hybridized carbons (Fsp3) is 0.250. The molecule has 0 aliphatic heterocycles. The summed E-state index contributed by atoms with van der Waals surface area (Å²) in [5.41, 5.74) is 2.04. The number of aromatic nitrogens is 1. The number of carbonyl (C=O) groups excluding carboxylic acids is 1. The van der Waals surface area contributed by atoms with Gasteiger partial charge in [0.05, 0.1) is 5.69 Å². The molecule has 1 amide bonds. The molecule has 2 aromatic rings. The van der Waals surface area contributed by atoms with Crippen molar-refractivity contribution >= 4 is 33.2 Å². The van der Waals surface area contributed by atoms with Crippen LogP contribution in [0.15, 0.2) is 47.1 Å². The minimum absolute atomic E-state index is 0.221. The zero-order valence-electron chi connectivity index (χ0n) is 11.9. The van der Waals surface area contributed by atoms with Crippen molar-refractivity contribution in [3.05, 3.63) is 52.8 Å². The van der Waals surface area contributed by atoms with Gasteiger partial charge in [0, 0.05) is 22.9 Å². The number of para-hydroxylation sites is 1. The molecule has 1 aromatic carbocycles. The number of unbranched alkanes of at least 4 members (excludes halogenated alkanes) is 1. The van der Waals surface area contributed by atoms with Gasteiger partial charge in [-0.2, -0.15) is 0 Å². The average molecular weight is 348 g/mol. The van der Waals surface area contributed by atoms with E-state index in [9.17, 15) is 4.79 Å². The molecule has 1 aromatic heterocycles. The van der Waals surface area contributed by atoms with Crippen molar-refractivity contribution in [1.29, 1.82) is 0 Å². The molecule has 0 aliphatic carbocycles. The lowest BCUT2D eigenvalue weighted by molar-refractivity contribution is 0.102. The molecule has 2 N–H and O–H groups in total. The van der Waals surface area contributed by atoms with Crippen LogP contribution in [0, 0.1) is 0 Å². The summed E-state index contributed by atoms with van der Waals surface area (Å²) in [6.45, 7) is 3.04. The molecule has 0 unspecified atom stereocenters. The van der Waals surface area contributed by atoms with E-state index in [1.54, 1.807) is 12.3 Å². The Morgan fingerprint density at radius 1 is 1.29 bits per heavy atom. The predicted molar refractivity (Wildman–Crippen MR) is 89.7 cm³/mol. The molecule has 0 aliphatic rings.